The fourth-order valence-corrected chi connectivity index (χ4v) is 2.18. The monoisotopic (exact) mass is 300 g/mol. The summed E-state index contributed by atoms with van der Waals surface area (Å²) in [6, 6.07) is 6.00. The predicted octanol–water partition coefficient (Wildman–Crippen LogP) is 5.49. The Hall–Kier alpha value is -1.96. The first-order valence-corrected chi connectivity index (χ1v) is 7.68. The van der Waals surface area contributed by atoms with Gasteiger partial charge in [0.2, 0.25) is 0 Å². The van der Waals surface area contributed by atoms with E-state index in [1.165, 1.54) is 5.57 Å². The molecule has 1 rings (SSSR count). The van der Waals surface area contributed by atoms with Gasteiger partial charge in [0.05, 0.1) is 7.11 Å². The van der Waals surface area contributed by atoms with Crippen molar-refractivity contribution < 1.29 is 9.47 Å². The second kappa shape index (κ2) is 8.47. The third-order valence-corrected chi connectivity index (χ3v) is 3.58. The van der Waals surface area contributed by atoms with Gasteiger partial charge >= 0.3 is 0 Å². The van der Waals surface area contributed by atoms with Gasteiger partial charge in [0.15, 0.2) is 11.5 Å². The van der Waals surface area contributed by atoms with Crippen molar-refractivity contribution in [2.24, 2.45) is 0 Å². The molecule has 1 aromatic carbocycles. The molecule has 1 atom stereocenters. The van der Waals surface area contributed by atoms with Crippen LogP contribution in [-0.2, 0) is 6.42 Å². The van der Waals surface area contributed by atoms with E-state index in [0.29, 0.717) is 0 Å². The Labute approximate surface area is 135 Å². The van der Waals surface area contributed by atoms with Crippen molar-refractivity contribution in [3.63, 3.8) is 0 Å². The van der Waals surface area contributed by atoms with Crippen LogP contribution in [0.25, 0.3) is 0 Å². The number of allylic oxidation sites excluding steroid dienone is 3. The fourth-order valence-electron chi connectivity index (χ4n) is 2.18. The number of hydrogen-bond acceptors (Lipinski definition) is 2. The maximum atomic E-state index is 6.19. The molecule has 1 unspecified atom stereocenters. The van der Waals surface area contributed by atoms with Crippen LogP contribution < -0.4 is 9.47 Å². The van der Waals surface area contributed by atoms with E-state index in [0.717, 1.165) is 36.3 Å². The molecule has 0 heterocycles. The highest BCUT2D eigenvalue weighted by atomic mass is 16.5. The molecular weight excluding hydrogens is 272 g/mol. The number of ether oxygens (including phenoxy) is 2. The minimum Gasteiger partial charge on any atom is -0.493 e. The molecule has 0 fully saturated rings. The summed E-state index contributed by atoms with van der Waals surface area (Å²) in [5.41, 5.74) is 2.06. The second-order valence-electron chi connectivity index (χ2n) is 5.92. The number of hydrogen-bond donors (Lipinski definition) is 0. The molecule has 0 aliphatic rings. The van der Waals surface area contributed by atoms with E-state index in [1.54, 1.807) is 7.11 Å². The quantitative estimate of drug-likeness (QED) is 0.561. The summed E-state index contributed by atoms with van der Waals surface area (Å²) in [6.07, 6.45) is 8.61. The Morgan fingerprint density at radius 1 is 1.23 bits per heavy atom. The molecule has 0 radical (unpaired) electrons. The maximum absolute atomic E-state index is 6.19. The lowest BCUT2D eigenvalue weighted by Gasteiger charge is -2.28. The molecule has 2 nitrogen and oxygen atoms in total. The predicted molar refractivity (Wildman–Crippen MR) is 94.8 cm³/mol. The van der Waals surface area contributed by atoms with Gasteiger partial charge in [-0.15, -0.1) is 6.58 Å². The van der Waals surface area contributed by atoms with Crippen LogP contribution in [0.1, 0.15) is 39.2 Å². The number of rotatable bonds is 9. The summed E-state index contributed by atoms with van der Waals surface area (Å²) in [5.74, 6) is 1.49. The van der Waals surface area contributed by atoms with Crippen molar-refractivity contribution in [1.29, 1.82) is 0 Å². The average molecular weight is 300 g/mol. The molecule has 0 aromatic heterocycles. The van der Waals surface area contributed by atoms with Crippen molar-refractivity contribution >= 4 is 0 Å². The lowest BCUT2D eigenvalue weighted by molar-refractivity contribution is 0.126. The number of methoxy groups -OCH3 is 1. The van der Waals surface area contributed by atoms with Crippen LogP contribution in [0.15, 0.2) is 55.2 Å². The smallest absolute Gasteiger partial charge is 0.162 e. The molecule has 0 amide bonds. The average Bonchev–Trinajstić information content (AvgIpc) is 2.48. The van der Waals surface area contributed by atoms with Gasteiger partial charge in [-0.3, -0.25) is 0 Å². The second-order valence-corrected chi connectivity index (χ2v) is 5.92. The Kier molecular flexibility index (Phi) is 6.97. The van der Waals surface area contributed by atoms with Gasteiger partial charge < -0.3 is 9.47 Å². The van der Waals surface area contributed by atoms with E-state index in [1.807, 2.05) is 30.4 Å². The molecule has 0 saturated heterocycles. The van der Waals surface area contributed by atoms with Crippen molar-refractivity contribution in [2.45, 2.75) is 45.6 Å². The van der Waals surface area contributed by atoms with Gasteiger partial charge in [-0.25, -0.2) is 0 Å². The molecule has 0 aliphatic carbocycles. The van der Waals surface area contributed by atoms with Crippen LogP contribution in [-0.4, -0.2) is 12.7 Å². The van der Waals surface area contributed by atoms with E-state index < -0.39 is 5.60 Å². The maximum Gasteiger partial charge on any atom is 0.162 e. The summed E-state index contributed by atoms with van der Waals surface area (Å²) < 4.78 is 11.6. The highest BCUT2D eigenvalue weighted by Crippen LogP contribution is 2.33. The third kappa shape index (κ3) is 5.44. The molecule has 0 spiro atoms. The Morgan fingerprint density at radius 3 is 2.50 bits per heavy atom. The normalized spacial score (nSPS) is 12.9. The topological polar surface area (TPSA) is 18.5 Å². The molecule has 0 bridgehead atoms. The molecule has 0 N–H and O–H groups in total. The summed E-state index contributed by atoms with van der Waals surface area (Å²) in [7, 11) is 1.66. The molecule has 22 heavy (non-hydrogen) atoms. The van der Waals surface area contributed by atoms with Gasteiger partial charge in [-0.05, 0) is 63.8 Å². The van der Waals surface area contributed by atoms with Crippen LogP contribution >= 0.6 is 0 Å². The zero-order valence-electron chi connectivity index (χ0n) is 14.3. The molecule has 0 saturated carbocycles. The zero-order chi connectivity index (χ0) is 16.6. The van der Waals surface area contributed by atoms with Crippen molar-refractivity contribution in [1.82, 2.24) is 0 Å². The first-order chi connectivity index (χ1) is 10.4. The first-order valence-electron chi connectivity index (χ1n) is 7.68. The standard InChI is InChI=1S/C20H28O2/c1-7-10-17-12-13-18(19(15-17)21-6)22-20(5,8-2)14-9-11-16(3)4/h7-8,11-13,15H,1-2,9-10,14H2,3-6H3. The van der Waals surface area contributed by atoms with Crippen molar-refractivity contribution in [2.75, 3.05) is 7.11 Å². The largest absolute Gasteiger partial charge is 0.493 e. The highest BCUT2D eigenvalue weighted by molar-refractivity contribution is 5.44. The van der Waals surface area contributed by atoms with Gasteiger partial charge in [0, 0.05) is 0 Å². The van der Waals surface area contributed by atoms with E-state index in [4.69, 9.17) is 9.47 Å². The molecule has 1 aromatic rings. The number of benzene rings is 1. The Balaban J connectivity index is 2.91. The minimum atomic E-state index is -0.417. The lowest BCUT2D eigenvalue weighted by atomic mass is 9.99. The molecule has 2 heteroatoms. The van der Waals surface area contributed by atoms with Gasteiger partial charge in [0.25, 0.3) is 0 Å². The third-order valence-electron chi connectivity index (χ3n) is 3.58. The Bertz CT molecular complexity index is 539. The molecule has 0 aliphatic heterocycles. The molecule has 120 valence electrons. The lowest BCUT2D eigenvalue weighted by Crippen LogP contribution is -2.29. The van der Waals surface area contributed by atoms with Crippen LogP contribution in [0, 0.1) is 0 Å². The van der Waals surface area contributed by atoms with Crippen molar-refractivity contribution in [3.8, 4) is 11.5 Å². The SMILES string of the molecule is C=CCc1ccc(OC(C)(C=C)CCC=C(C)C)c(OC)c1. The summed E-state index contributed by atoms with van der Waals surface area (Å²) in [5, 5.41) is 0. The van der Waals surface area contributed by atoms with E-state index in [9.17, 15) is 0 Å². The van der Waals surface area contributed by atoms with Crippen molar-refractivity contribution in [3.05, 3.63) is 60.7 Å². The summed E-state index contributed by atoms with van der Waals surface area (Å²) >= 11 is 0. The first kappa shape index (κ1) is 18.1. The highest BCUT2D eigenvalue weighted by Gasteiger charge is 2.23. The minimum absolute atomic E-state index is 0.417. The van der Waals surface area contributed by atoms with Gasteiger partial charge in [-0.1, -0.05) is 30.4 Å². The van der Waals surface area contributed by atoms with Crippen LogP contribution in [0.2, 0.25) is 0 Å². The van der Waals surface area contributed by atoms with Crippen LogP contribution in [0.5, 0.6) is 11.5 Å². The van der Waals surface area contributed by atoms with Gasteiger partial charge in [0.1, 0.15) is 5.60 Å². The fraction of sp³-hybridized carbons (Fsp3) is 0.400. The van der Waals surface area contributed by atoms with E-state index in [2.05, 4.69) is 40.0 Å². The zero-order valence-corrected chi connectivity index (χ0v) is 14.3. The van der Waals surface area contributed by atoms with Crippen LogP contribution in [0.4, 0.5) is 0 Å². The van der Waals surface area contributed by atoms with E-state index in [-0.39, 0.29) is 0 Å². The Morgan fingerprint density at radius 2 is 1.95 bits per heavy atom. The van der Waals surface area contributed by atoms with Crippen LogP contribution in [0.3, 0.4) is 0 Å². The summed E-state index contributed by atoms with van der Waals surface area (Å²) in [6.45, 7) is 14.0. The van der Waals surface area contributed by atoms with E-state index >= 15 is 0 Å². The summed E-state index contributed by atoms with van der Waals surface area (Å²) in [4.78, 5) is 0. The van der Waals surface area contributed by atoms with Gasteiger partial charge in [-0.2, -0.15) is 0 Å². The molecular formula is C20H28O2.